The van der Waals surface area contributed by atoms with E-state index in [1.54, 1.807) is 19.9 Å². The molecule has 1 saturated heterocycles. The van der Waals surface area contributed by atoms with E-state index in [1.165, 1.54) is 16.7 Å². The Morgan fingerprint density at radius 2 is 2.08 bits per heavy atom. The first kappa shape index (κ1) is 19.4. The maximum Gasteiger partial charge on any atom is 0.258 e. The number of hydrogen-bond acceptors (Lipinski definition) is 5. The number of carbonyl (C=O) groups excluding carboxylic acids is 3. The van der Waals surface area contributed by atoms with Crippen LogP contribution in [0.3, 0.4) is 0 Å². The summed E-state index contributed by atoms with van der Waals surface area (Å²) in [7, 11) is 0. The quantitative estimate of drug-likeness (QED) is 0.785. The summed E-state index contributed by atoms with van der Waals surface area (Å²) < 4.78 is 5.44. The first-order chi connectivity index (χ1) is 11.9. The van der Waals surface area contributed by atoms with Gasteiger partial charge in [0.25, 0.3) is 5.91 Å². The predicted molar refractivity (Wildman–Crippen MR) is 96.6 cm³/mol. The van der Waals surface area contributed by atoms with Crippen molar-refractivity contribution in [3.63, 3.8) is 0 Å². The summed E-state index contributed by atoms with van der Waals surface area (Å²) in [4.78, 5) is 38.7. The minimum atomic E-state index is -0.596. The molecule has 2 heterocycles. The Morgan fingerprint density at radius 3 is 2.64 bits per heavy atom. The average molecular weight is 367 g/mol. The third kappa shape index (κ3) is 4.56. The van der Waals surface area contributed by atoms with Crippen molar-refractivity contribution in [1.82, 2.24) is 15.5 Å². The third-order valence-electron chi connectivity index (χ3n) is 4.13. The van der Waals surface area contributed by atoms with Gasteiger partial charge >= 0.3 is 0 Å². The van der Waals surface area contributed by atoms with Crippen LogP contribution in [0, 0.1) is 13.8 Å². The summed E-state index contributed by atoms with van der Waals surface area (Å²) in [5.74, 6) is 1.02. The fourth-order valence-electron chi connectivity index (χ4n) is 3.10. The van der Waals surface area contributed by atoms with Gasteiger partial charge in [-0.3, -0.25) is 14.4 Å². The average Bonchev–Trinajstić information content (AvgIpc) is 3.10. The minimum absolute atomic E-state index is 0.0863. The molecule has 138 valence electrons. The Labute approximate surface area is 151 Å². The topological polar surface area (TPSA) is 91.7 Å². The van der Waals surface area contributed by atoms with Crippen LogP contribution in [-0.2, 0) is 9.59 Å². The second kappa shape index (κ2) is 8.42. The molecule has 1 aromatic rings. The highest BCUT2D eigenvalue weighted by atomic mass is 32.2. The van der Waals surface area contributed by atoms with Gasteiger partial charge in [0.2, 0.25) is 11.8 Å². The van der Waals surface area contributed by atoms with Crippen LogP contribution < -0.4 is 10.6 Å². The second-order valence-corrected chi connectivity index (χ2v) is 6.99. The van der Waals surface area contributed by atoms with Gasteiger partial charge < -0.3 is 20.0 Å². The summed E-state index contributed by atoms with van der Waals surface area (Å²) in [6, 6.07) is 0.859. The van der Waals surface area contributed by atoms with Crippen LogP contribution >= 0.6 is 11.8 Å². The zero-order valence-electron chi connectivity index (χ0n) is 15.0. The number of carbonyl (C=O) groups is 3. The zero-order chi connectivity index (χ0) is 18.6. The summed E-state index contributed by atoms with van der Waals surface area (Å²) in [6.07, 6.45) is 2.26. The van der Waals surface area contributed by atoms with Crippen LogP contribution in [0.4, 0.5) is 0 Å². The standard InChI is InChI=1S/C17H25N3O4S/c1-5-18-16(22)14-7-12(19-15(21)9-25-4)8-20(14)17(23)13-6-10(2)24-11(13)3/h6,12,14H,5,7-9H2,1-4H3,(H,18,22)(H,19,21). The number of likely N-dealkylation sites (N-methyl/N-ethyl adjacent to an activating group) is 1. The number of hydrogen-bond donors (Lipinski definition) is 2. The summed E-state index contributed by atoms with van der Waals surface area (Å²) >= 11 is 1.43. The zero-order valence-corrected chi connectivity index (χ0v) is 15.9. The molecule has 2 unspecified atom stereocenters. The third-order valence-corrected chi connectivity index (χ3v) is 4.68. The molecule has 0 radical (unpaired) electrons. The molecule has 2 rings (SSSR count). The van der Waals surface area contributed by atoms with E-state index in [0.717, 1.165) is 0 Å². The van der Waals surface area contributed by atoms with Gasteiger partial charge in [-0.15, -0.1) is 0 Å². The van der Waals surface area contributed by atoms with Gasteiger partial charge in [0, 0.05) is 19.1 Å². The molecule has 1 aliphatic rings. The molecule has 7 nitrogen and oxygen atoms in total. The van der Waals surface area contributed by atoms with E-state index in [9.17, 15) is 14.4 Å². The van der Waals surface area contributed by atoms with Gasteiger partial charge in [0.15, 0.2) is 0 Å². The van der Waals surface area contributed by atoms with Gasteiger partial charge in [0.05, 0.1) is 11.3 Å². The molecule has 1 aromatic heterocycles. The molecule has 0 bridgehead atoms. The Hall–Kier alpha value is -1.96. The fourth-order valence-corrected chi connectivity index (χ4v) is 3.45. The molecule has 8 heteroatoms. The minimum Gasteiger partial charge on any atom is -0.466 e. The number of likely N-dealkylation sites (tertiary alicyclic amines) is 1. The van der Waals surface area contributed by atoms with Crippen molar-refractivity contribution in [3.05, 3.63) is 23.2 Å². The van der Waals surface area contributed by atoms with E-state index in [-0.39, 0.29) is 23.8 Å². The van der Waals surface area contributed by atoms with Crippen LogP contribution in [0.2, 0.25) is 0 Å². The number of rotatable bonds is 6. The first-order valence-electron chi connectivity index (χ1n) is 8.31. The molecular formula is C17H25N3O4S. The van der Waals surface area contributed by atoms with E-state index in [4.69, 9.17) is 4.42 Å². The number of nitrogens with one attached hydrogen (secondary N) is 2. The van der Waals surface area contributed by atoms with Crippen molar-refractivity contribution in [2.24, 2.45) is 0 Å². The SMILES string of the molecule is CCNC(=O)C1CC(NC(=O)CSC)CN1C(=O)c1cc(C)oc1C. The molecule has 1 fully saturated rings. The van der Waals surface area contributed by atoms with Crippen LogP contribution in [0.1, 0.15) is 35.2 Å². The van der Waals surface area contributed by atoms with Gasteiger partial charge in [-0.2, -0.15) is 11.8 Å². The lowest BCUT2D eigenvalue weighted by Crippen LogP contribution is -2.46. The largest absolute Gasteiger partial charge is 0.466 e. The molecule has 0 aromatic carbocycles. The Morgan fingerprint density at radius 1 is 1.36 bits per heavy atom. The number of furan rings is 1. The maximum absolute atomic E-state index is 12.9. The summed E-state index contributed by atoms with van der Waals surface area (Å²) in [5.41, 5.74) is 0.461. The molecular weight excluding hydrogens is 342 g/mol. The normalized spacial score (nSPS) is 19.8. The Bertz CT molecular complexity index is 658. The van der Waals surface area contributed by atoms with E-state index >= 15 is 0 Å². The lowest BCUT2D eigenvalue weighted by atomic mass is 10.1. The van der Waals surface area contributed by atoms with E-state index in [2.05, 4.69) is 10.6 Å². The lowest BCUT2D eigenvalue weighted by Gasteiger charge is -2.23. The van der Waals surface area contributed by atoms with Crippen LogP contribution in [-0.4, -0.2) is 59.8 Å². The number of aryl methyl sites for hydroxylation is 2. The lowest BCUT2D eigenvalue weighted by molar-refractivity contribution is -0.125. The van der Waals surface area contributed by atoms with E-state index in [0.29, 0.717) is 42.3 Å². The van der Waals surface area contributed by atoms with Crippen molar-refractivity contribution < 1.29 is 18.8 Å². The predicted octanol–water partition coefficient (Wildman–Crippen LogP) is 1.09. The van der Waals surface area contributed by atoms with Crippen molar-refractivity contribution in [1.29, 1.82) is 0 Å². The molecule has 0 saturated carbocycles. The van der Waals surface area contributed by atoms with Crippen molar-refractivity contribution in [2.75, 3.05) is 25.1 Å². The second-order valence-electron chi connectivity index (χ2n) is 6.13. The van der Waals surface area contributed by atoms with E-state index in [1.807, 2.05) is 13.2 Å². The van der Waals surface area contributed by atoms with Gasteiger partial charge in [-0.25, -0.2) is 0 Å². The van der Waals surface area contributed by atoms with Crippen molar-refractivity contribution in [2.45, 2.75) is 39.3 Å². The fraction of sp³-hybridized carbons (Fsp3) is 0.588. The highest BCUT2D eigenvalue weighted by molar-refractivity contribution is 7.99. The summed E-state index contributed by atoms with van der Waals surface area (Å²) in [6.45, 7) is 6.14. The Kier molecular flexibility index (Phi) is 6.52. The maximum atomic E-state index is 12.9. The van der Waals surface area contributed by atoms with Gasteiger partial charge in [0.1, 0.15) is 17.6 Å². The molecule has 2 atom stereocenters. The first-order valence-corrected chi connectivity index (χ1v) is 9.70. The smallest absolute Gasteiger partial charge is 0.258 e. The highest BCUT2D eigenvalue weighted by Gasteiger charge is 2.41. The highest BCUT2D eigenvalue weighted by Crippen LogP contribution is 2.24. The van der Waals surface area contributed by atoms with Crippen LogP contribution in [0.25, 0.3) is 0 Å². The Balaban J connectivity index is 2.19. The molecule has 1 aliphatic heterocycles. The van der Waals surface area contributed by atoms with Gasteiger partial charge in [-0.05, 0) is 39.5 Å². The van der Waals surface area contributed by atoms with Crippen molar-refractivity contribution >= 4 is 29.5 Å². The monoisotopic (exact) mass is 367 g/mol. The summed E-state index contributed by atoms with van der Waals surface area (Å²) in [5, 5.41) is 5.68. The number of nitrogens with zero attached hydrogens (tertiary/aromatic N) is 1. The molecule has 0 spiro atoms. The van der Waals surface area contributed by atoms with Crippen molar-refractivity contribution in [3.8, 4) is 0 Å². The number of amides is 3. The van der Waals surface area contributed by atoms with Gasteiger partial charge in [-0.1, -0.05) is 0 Å². The van der Waals surface area contributed by atoms with E-state index < -0.39 is 6.04 Å². The molecule has 2 N–H and O–H groups in total. The molecule has 3 amide bonds. The number of thioether (sulfide) groups is 1. The van der Waals surface area contributed by atoms with Crippen LogP contribution in [0.15, 0.2) is 10.5 Å². The molecule has 25 heavy (non-hydrogen) atoms. The van der Waals surface area contributed by atoms with Crippen LogP contribution in [0.5, 0.6) is 0 Å². The molecule has 0 aliphatic carbocycles.